The van der Waals surface area contributed by atoms with E-state index in [1.54, 1.807) is 4.90 Å². The minimum atomic E-state index is -0.413. The number of hydrogen-bond acceptors (Lipinski definition) is 2. The average Bonchev–Trinajstić information content (AvgIpc) is 2.39. The number of urea groups is 1. The molecular formula is C14H25N3O2. The van der Waals surface area contributed by atoms with Gasteiger partial charge in [-0.1, -0.05) is 19.8 Å². The number of amides is 3. The number of nitrogens with zero attached hydrogens (tertiary/aromatic N) is 1. The Morgan fingerprint density at radius 2 is 2.00 bits per heavy atom. The number of carbonyl (C=O) groups is 2. The van der Waals surface area contributed by atoms with Crippen molar-refractivity contribution in [2.24, 2.45) is 17.6 Å². The van der Waals surface area contributed by atoms with Gasteiger partial charge in [-0.25, -0.2) is 4.79 Å². The maximum Gasteiger partial charge on any atom is 0.314 e. The summed E-state index contributed by atoms with van der Waals surface area (Å²) in [5, 5.41) is 3.16. The first kappa shape index (κ1) is 14.2. The van der Waals surface area contributed by atoms with Crippen LogP contribution >= 0.6 is 0 Å². The SMILES string of the molecule is C[C@@H]1CCC[C@@H](NC(=O)[C@H]2CCCN(C(N)=O)C2)C1. The van der Waals surface area contributed by atoms with E-state index in [1.165, 1.54) is 12.8 Å². The standard InChI is InChI=1S/C14H25N3O2/c1-10-4-2-6-12(8-10)16-13(18)11-5-3-7-17(9-11)14(15)19/h10-12H,2-9H2,1H3,(H2,15,19)(H,16,18)/t10-,11+,12-/m1/s1. The van der Waals surface area contributed by atoms with Gasteiger partial charge < -0.3 is 16.0 Å². The molecule has 2 rings (SSSR count). The van der Waals surface area contributed by atoms with E-state index in [4.69, 9.17) is 5.73 Å². The van der Waals surface area contributed by atoms with Crippen LogP contribution in [0.3, 0.4) is 0 Å². The van der Waals surface area contributed by atoms with Crippen molar-refractivity contribution in [3.8, 4) is 0 Å². The number of piperidine rings is 1. The molecule has 3 atom stereocenters. The van der Waals surface area contributed by atoms with Crippen LogP contribution in [0.1, 0.15) is 45.4 Å². The van der Waals surface area contributed by atoms with Gasteiger partial charge in [0.2, 0.25) is 5.91 Å². The second kappa shape index (κ2) is 6.26. The minimum absolute atomic E-state index is 0.0847. The van der Waals surface area contributed by atoms with Gasteiger partial charge in [0.1, 0.15) is 0 Å². The summed E-state index contributed by atoms with van der Waals surface area (Å²) in [7, 11) is 0. The molecule has 0 unspecified atom stereocenters. The molecule has 3 N–H and O–H groups in total. The highest BCUT2D eigenvalue weighted by molar-refractivity contribution is 5.80. The molecule has 0 spiro atoms. The third-order valence-corrected chi connectivity index (χ3v) is 4.39. The first-order valence-electron chi connectivity index (χ1n) is 7.41. The fourth-order valence-electron chi connectivity index (χ4n) is 3.28. The second-order valence-corrected chi connectivity index (χ2v) is 6.10. The molecule has 1 saturated carbocycles. The molecule has 0 radical (unpaired) electrons. The molecular weight excluding hydrogens is 242 g/mol. The minimum Gasteiger partial charge on any atom is -0.353 e. The van der Waals surface area contributed by atoms with E-state index in [0.717, 1.165) is 25.7 Å². The summed E-state index contributed by atoms with van der Waals surface area (Å²) in [5.41, 5.74) is 5.29. The molecule has 2 fully saturated rings. The number of carbonyl (C=O) groups excluding carboxylic acids is 2. The average molecular weight is 267 g/mol. The third kappa shape index (κ3) is 3.85. The maximum absolute atomic E-state index is 12.3. The quantitative estimate of drug-likeness (QED) is 0.795. The molecule has 0 aromatic carbocycles. The van der Waals surface area contributed by atoms with Crippen LogP contribution in [0.15, 0.2) is 0 Å². The van der Waals surface area contributed by atoms with Crippen molar-refractivity contribution in [3.05, 3.63) is 0 Å². The molecule has 3 amide bonds. The summed E-state index contributed by atoms with van der Waals surface area (Å²) < 4.78 is 0. The number of nitrogens with one attached hydrogen (secondary N) is 1. The number of primary amides is 1. The van der Waals surface area contributed by atoms with Gasteiger partial charge in [0.25, 0.3) is 0 Å². The highest BCUT2D eigenvalue weighted by Crippen LogP contribution is 2.24. The third-order valence-electron chi connectivity index (χ3n) is 4.39. The van der Waals surface area contributed by atoms with Crippen molar-refractivity contribution in [2.75, 3.05) is 13.1 Å². The lowest BCUT2D eigenvalue weighted by atomic mass is 9.86. The van der Waals surface area contributed by atoms with Gasteiger partial charge in [0.05, 0.1) is 5.92 Å². The van der Waals surface area contributed by atoms with Crippen molar-refractivity contribution in [3.63, 3.8) is 0 Å². The van der Waals surface area contributed by atoms with Gasteiger partial charge >= 0.3 is 6.03 Å². The van der Waals surface area contributed by atoms with Gasteiger partial charge in [-0.2, -0.15) is 0 Å². The van der Waals surface area contributed by atoms with Crippen LogP contribution in [-0.4, -0.2) is 36.0 Å². The topological polar surface area (TPSA) is 75.4 Å². The lowest BCUT2D eigenvalue weighted by Crippen LogP contribution is -2.49. The number of nitrogens with two attached hydrogens (primary N) is 1. The lowest BCUT2D eigenvalue weighted by molar-refractivity contribution is -0.127. The van der Waals surface area contributed by atoms with Crippen LogP contribution in [0.25, 0.3) is 0 Å². The Balaban J connectivity index is 1.83. The molecule has 1 aliphatic carbocycles. The zero-order valence-corrected chi connectivity index (χ0v) is 11.7. The Hall–Kier alpha value is -1.26. The fourth-order valence-corrected chi connectivity index (χ4v) is 3.28. The van der Waals surface area contributed by atoms with Gasteiger partial charge in [-0.3, -0.25) is 4.79 Å². The maximum atomic E-state index is 12.3. The largest absolute Gasteiger partial charge is 0.353 e. The molecule has 0 aromatic heterocycles. The van der Waals surface area contributed by atoms with Crippen LogP contribution < -0.4 is 11.1 Å². The van der Waals surface area contributed by atoms with Gasteiger partial charge in [-0.15, -0.1) is 0 Å². The van der Waals surface area contributed by atoms with Gasteiger partial charge in [0, 0.05) is 19.1 Å². The zero-order chi connectivity index (χ0) is 13.8. The van der Waals surface area contributed by atoms with Crippen molar-refractivity contribution >= 4 is 11.9 Å². The predicted molar refractivity (Wildman–Crippen MR) is 73.4 cm³/mol. The van der Waals surface area contributed by atoms with Gasteiger partial charge in [0.15, 0.2) is 0 Å². The molecule has 1 saturated heterocycles. The predicted octanol–water partition coefficient (Wildman–Crippen LogP) is 1.47. The highest BCUT2D eigenvalue weighted by Gasteiger charge is 2.29. The van der Waals surface area contributed by atoms with E-state index in [2.05, 4.69) is 12.2 Å². The molecule has 1 aliphatic heterocycles. The van der Waals surface area contributed by atoms with Crippen molar-refractivity contribution in [1.29, 1.82) is 0 Å². The smallest absolute Gasteiger partial charge is 0.314 e. The summed E-state index contributed by atoms with van der Waals surface area (Å²) in [6.45, 7) is 3.40. The van der Waals surface area contributed by atoms with Crippen molar-refractivity contribution in [2.45, 2.75) is 51.5 Å². The summed E-state index contributed by atoms with van der Waals surface area (Å²) in [6, 6.07) is -0.0935. The van der Waals surface area contributed by atoms with Crippen LogP contribution in [0, 0.1) is 11.8 Å². The Morgan fingerprint density at radius 3 is 2.68 bits per heavy atom. The van der Waals surface area contributed by atoms with Crippen LogP contribution in [0.4, 0.5) is 4.79 Å². The molecule has 19 heavy (non-hydrogen) atoms. The summed E-state index contributed by atoms with van der Waals surface area (Å²) >= 11 is 0. The number of likely N-dealkylation sites (tertiary alicyclic amines) is 1. The Labute approximate surface area is 114 Å². The molecule has 0 bridgehead atoms. The Bertz CT molecular complexity index is 346. The van der Waals surface area contributed by atoms with E-state index >= 15 is 0 Å². The lowest BCUT2D eigenvalue weighted by Gasteiger charge is -2.33. The summed E-state index contributed by atoms with van der Waals surface area (Å²) in [4.78, 5) is 25.0. The second-order valence-electron chi connectivity index (χ2n) is 6.10. The highest BCUT2D eigenvalue weighted by atomic mass is 16.2. The van der Waals surface area contributed by atoms with Crippen molar-refractivity contribution in [1.82, 2.24) is 10.2 Å². The summed E-state index contributed by atoms with van der Waals surface area (Å²) in [6.07, 6.45) is 6.36. The van der Waals surface area contributed by atoms with E-state index in [0.29, 0.717) is 25.0 Å². The monoisotopic (exact) mass is 267 g/mol. The molecule has 108 valence electrons. The number of hydrogen-bond donors (Lipinski definition) is 2. The molecule has 1 heterocycles. The van der Waals surface area contributed by atoms with E-state index < -0.39 is 6.03 Å². The van der Waals surface area contributed by atoms with Gasteiger partial charge in [-0.05, 0) is 31.6 Å². The van der Waals surface area contributed by atoms with E-state index in [-0.39, 0.29) is 11.8 Å². The van der Waals surface area contributed by atoms with Crippen molar-refractivity contribution < 1.29 is 9.59 Å². The summed E-state index contributed by atoms with van der Waals surface area (Å²) in [5.74, 6) is 0.719. The fraction of sp³-hybridized carbons (Fsp3) is 0.857. The normalized spacial score (nSPS) is 31.8. The molecule has 2 aliphatic rings. The van der Waals surface area contributed by atoms with E-state index in [9.17, 15) is 9.59 Å². The molecule has 0 aromatic rings. The van der Waals surface area contributed by atoms with Crippen LogP contribution in [-0.2, 0) is 4.79 Å². The molecule has 5 nitrogen and oxygen atoms in total. The first-order chi connectivity index (χ1) is 9.06. The van der Waals surface area contributed by atoms with Crippen LogP contribution in [0.5, 0.6) is 0 Å². The Morgan fingerprint density at radius 1 is 1.21 bits per heavy atom. The zero-order valence-electron chi connectivity index (χ0n) is 11.7. The Kier molecular flexibility index (Phi) is 4.66. The van der Waals surface area contributed by atoms with E-state index in [1.807, 2.05) is 0 Å². The first-order valence-corrected chi connectivity index (χ1v) is 7.41. The molecule has 5 heteroatoms. The van der Waals surface area contributed by atoms with Crippen LogP contribution in [0.2, 0.25) is 0 Å². The number of rotatable bonds is 2.